The molecule has 3 rings (SSSR count). The van der Waals surface area contributed by atoms with Crippen molar-refractivity contribution in [2.75, 3.05) is 19.6 Å². The van der Waals surface area contributed by atoms with Crippen LogP contribution in [-0.4, -0.2) is 36.5 Å². The van der Waals surface area contributed by atoms with E-state index in [9.17, 15) is 4.79 Å². The van der Waals surface area contributed by atoms with Gasteiger partial charge in [-0.3, -0.25) is 9.69 Å². The molecular weight excluding hydrogens is 316 g/mol. The molecule has 0 saturated carbocycles. The number of para-hydroxylation sites is 1. The van der Waals surface area contributed by atoms with Crippen LogP contribution >= 0.6 is 0 Å². The molecule has 1 aliphatic rings. The smallest absolute Gasteiger partial charge is 0.217 e. The molecule has 1 saturated heterocycles. The Labute approximate surface area is 148 Å². The minimum atomic E-state index is -0.232. The first-order valence-electron chi connectivity index (χ1n) is 8.69. The molecule has 1 heterocycles. The number of ether oxygens (including phenoxy) is 2. The predicted octanol–water partition coefficient (Wildman–Crippen LogP) is 3.20. The van der Waals surface area contributed by atoms with E-state index in [0.717, 1.165) is 49.7 Å². The molecule has 0 bridgehead atoms. The molecule has 1 atom stereocenters. The minimum absolute atomic E-state index is 0.189. The third-order valence-electron chi connectivity index (χ3n) is 4.23. The minimum Gasteiger partial charge on any atom is -0.489 e. The summed E-state index contributed by atoms with van der Waals surface area (Å²) in [5.74, 6) is 2.23. The van der Waals surface area contributed by atoms with Crippen LogP contribution in [0.3, 0.4) is 0 Å². The molecule has 0 spiro atoms. The van der Waals surface area contributed by atoms with E-state index in [1.165, 1.54) is 0 Å². The van der Waals surface area contributed by atoms with E-state index in [2.05, 4.69) is 4.90 Å². The molecule has 2 aromatic rings. The van der Waals surface area contributed by atoms with Crippen molar-refractivity contribution in [3.63, 3.8) is 0 Å². The predicted molar refractivity (Wildman–Crippen MR) is 96.9 cm³/mol. The van der Waals surface area contributed by atoms with E-state index < -0.39 is 0 Å². The lowest BCUT2D eigenvalue weighted by atomic mass is 10.3. The number of carbonyl (C=O) groups excluding carboxylic acids is 1. The number of nitrogens with zero attached hydrogens (tertiary/aromatic N) is 1. The fourth-order valence-electron chi connectivity index (χ4n) is 2.98. The first-order chi connectivity index (χ1) is 12.2. The van der Waals surface area contributed by atoms with E-state index in [1.54, 1.807) is 0 Å². The van der Waals surface area contributed by atoms with Crippen LogP contribution in [0.5, 0.6) is 17.2 Å². The lowest BCUT2D eigenvalue weighted by Crippen LogP contribution is -2.26. The molecule has 1 fully saturated rings. The Morgan fingerprint density at radius 1 is 1.04 bits per heavy atom. The van der Waals surface area contributed by atoms with Crippen LogP contribution in [0.2, 0.25) is 0 Å². The van der Waals surface area contributed by atoms with Crippen molar-refractivity contribution in [1.29, 1.82) is 0 Å². The van der Waals surface area contributed by atoms with Crippen molar-refractivity contribution in [2.24, 2.45) is 5.73 Å². The average Bonchev–Trinajstić information content (AvgIpc) is 3.05. The maximum atomic E-state index is 10.8. The van der Waals surface area contributed by atoms with Crippen LogP contribution in [0.4, 0.5) is 0 Å². The second kappa shape index (κ2) is 8.53. The van der Waals surface area contributed by atoms with Gasteiger partial charge in [-0.05, 0) is 55.8 Å². The van der Waals surface area contributed by atoms with Crippen LogP contribution in [-0.2, 0) is 4.79 Å². The van der Waals surface area contributed by atoms with Crippen LogP contribution in [0.25, 0.3) is 0 Å². The molecule has 0 unspecified atom stereocenters. The topological polar surface area (TPSA) is 64.8 Å². The van der Waals surface area contributed by atoms with Gasteiger partial charge in [-0.15, -0.1) is 0 Å². The highest BCUT2D eigenvalue weighted by Gasteiger charge is 2.23. The number of benzene rings is 2. The van der Waals surface area contributed by atoms with E-state index in [4.69, 9.17) is 15.2 Å². The third kappa shape index (κ3) is 5.50. The molecule has 1 amide bonds. The van der Waals surface area contributed by atoms with Crippen LogP contribution in [0, 0.1) is 0 Å². The molecule has 5 heteroatoms. The fourth-order valence-corrected chi connectivity index (χ4v) is 2.98. The summed E-state index contributed by atoms with van der Waals surface area (Å²) in [6.45, 7) is 2.78. The summed E-state index contributed by atoms with van der Waals surface area (Å²) in [4.78, 5) is 13.1. The largest absolute Gasteiger partial charge is 0.489 e. The molecule has 0 aliphatic carbocycles. The van der Waals surface area contributed by atoms with Gasteiger partial charge in [0.05, 0.1) is 0 Å². The SMILES string of the molecule is NC(=O)CCCN1CC[C@H](Oc2ccc(Oc3ccccc3)cc2)C1. The Balaban J connectivity index is 1.45. The second-order valence-electron chi connectivity index (χ2n) is 6.29. The molecule has 0 radical (unpaired) electrons. The van der Waals surface area contributed by atoms with Gasteiger partial charge in [-0.2, -0.15) is 0 Å². The second-order valence-corrected chi connectivity index (χ2v) is 6.29. The molecule has 132 valence electrons. The number of likely N-dealkylation sites (tertiary alicyclic amines) is 1. The van der Waals surface area contributed by atoms with Gasteiger partial charge < -0.3 is 15.2 Å². The normalized spacial score (nSPS) is 17.4. The Morgan fingerprint density at radius 3 is 2.44 bits per heavy atom. The number of amides is 1. The maximum absolute atomic E-state index is 10.8. The average molecular weight is 340 g/mol. The lowest BCUT2D eigenvalue weighted by Gasteiger charge is -2.16. The number of hydrogen-bond donors (Lipinski definition) is 1. The first kappa shape index (κ1) is 17.3. The van der Waals surface area contributed by atoms with Gasteiger partial charge >= 0.3 is 0 Å². The lowest BCUT2D eigenvalue weighted by molar-refractivity contribution is -0.118. The highest BCUT2D eigenvalue weighted by atomic mass is 16.5. The van der Waals surface area contributed by atoms with Gasteiger partial charge in [-0.25, -0.2) is 0 Å². The number of hydrogen-bond acceptors (Lipinski definition) is 4. The van der Waals surface area contributed by atoms with Crippen molar-refractivity contribution < 1.29 is 14.3 Å². The summed E-state index contributed by atoms with van der Waals surface area (Å²) < 4.78 is 11.8. The van der Waals surface area contributed by atoms with Gasteiger partial charge in [0.1, 0.15) is 23.4 Å². The van der Waals surface area contributed by atoms with Crippen molar-refractivity contribution in [3.05, 3.63) is 54.6 Å². The standard InChI is InChI=1S/C20H24N2O3/c21-20(23)7-4-13-22-14-12-19(15-22)25-18-10-8-17(9-11-18)24-16-5-2-1-3-6-16/h1-3,5-6,8-11,19H,4,7,12-15H2,(H2,21,23)/t19-/m0/s1. The van der Waals surface area contributed by atoms with E-state index in [0.29, 0.717) is 6.42 Å². The summed E-state index contributed by atoms with van der Waals surface area (Å²) in [5, 5.41) is 0. The number of carbonyl (C=O) groups is 1. The van der Waals surface area contributed by atoms with Gasteiger partial charge in [0.25, 0.3) is 0 Å². The van der Waals surface area contributed by atoms with Crippen molar-refractivity contribution >= 4 is 5.91 Å². The zero-order valence-corrected chi connectivity index (χ0v) is 14.3. The van der Waals surface area contributed by atoms with Crippen molar-refractivity contribution in [1.82, 2.24) is 4.90 Å². The van der Waals surface area contributed by atoms with Gasteiger partial charge in [0, 0.05) is 19.5 Å². The van der Waals surface area contributed by atoms with E-state index in [1.807, 2.05) is 54.6 Å². The Morgan fingerprint density at radius 2 is 1.72 bits per heavy atom. The molecule has 25 heavy (non-hydrogen) atoms. The Bertz CT molecular complexity index is 673. The quantitative estimate of drug-likeness (QED) is 0.801. The van der Waals surface area contributed by atoms with Gasteiger partial charge in [-0.1, -0.05) is 18.2 Å². The van der Waals surface area contributed by atoms with Gasteiger partial charge in [0.15, 0.2) is 0 Å². The highest BCUT2D eigenvalue weighted by Crippen LogP contribution is 2.25. The molecule has 2 aromatic carbocycles. The van der Waals surface area contributed by atoms with Gasteiger partial charge in [0.2, 0.25) is 5.91 Å². The molecular formula is C20H24N2O3. The highest BCUT2D eigenvalue weighted by molar-refractivity contribution is 5.73. The summed E-state index contributed by atoms with van der Waals surface area (Å²) in [6, 6.07) is 17.4. The van der Waals surface area contributed by atoms with Crippen LogP contribution < -0.4 is 15.2 Å². The molecule has 1 aliphatic heterocycles. The summed E-state index contributed by atoms with van der Waals surface area (Å²) >= 11 is 0. The maximum Gasteiger partial charge on any atom is 0.217 e. The monoisotopic (exact) mass is 340 g/mol. The number of rotatable bonds is 8. The third-order valence-corrected chi connectivity index (χ3v) is 4.23. The van der Waals surface area contributed by atoms with Crippen molar-refractivity contribution in [2.45, 2.75) is 25.4 Å². The van der Waals surface area contributed by atoms with Crippen LogP contribution in [0.15, 0.2) is 54.6 Å². The number of nitrogens with two attached hydrogens (primary N) is 1. The van der Waals surface area contributed by atoms with Crippen molar-refractivity contribution in [3.8, 4) is 17.2 Å². The zero-order chi connectivity index (χ0) is 17.5. The van der Waals surface area contributed by atoms with E-state index in [-0.39, 0.29) is 12.0 Å². The number of primary amides is 1. The Kier molecular flexibility index (Phi) is 5.90. The Hall–Kier alpha value is -2.53. The van der Waals surface area contributed by atoms with Crippen LogP contribution in [0.1, 0.15) is 19.3 Å². The summed E-state index contributed by atoms with van der Waals surface area (Å²) in [7, 11) is 0. The fraction of sp³-hybridized carbons (Fsp3) is 0.350. The first-order valence-corrected chi connectivity index (χ1v) is 8.69. The molecule has 2 N–H and O–H groups in total. The molecule has 5 nitrogen and oxygen atoms in total. The zero-order valence-electron chi connectivity index (χ0n) is 14.3. The van der Waals surface area contributed by atoms with E-state index >= 15 is 0 Å². The summed E-state index contributed by atoms with van der Waals surface area (Å²) in [5.41, 5.74) is 5.18. The summed E-state index contributed by atoms with van der Waals surface area (Å²) in [6.07, 6.45) is 2.45. The molecule has 0 aromatic heterocycles.